The van der Waals surface area contributed by atoms with Crippen LogP contribution in [-0.4, -0.2) is 57.3 Å². The maximum atomic E-state index is 12.5. The largest absolute Gasteiger partial charge is 0.375 e. The zero-order valence-corrected chi connectivity index (χ0v) is 16.8. The van der Waals surface area contributed by atoms with E-state index in [4.69, 9.17) is 4.74 Å². The summed E-state index contributed by atoms with van der Waals surface area (Å²) in [5.41, 5.74) is 0.995. The predicted molar refractivity (Wildman–Crippen MR) is 105 cm³/mol. The molecule has 0 radical (unpaired) electrons. The van der Waals surface area contributed by atoms with Crippen LogP contribution >= 0.6 is 0 Å². The van der Waals surface area contributed by atoms with E-state index in [0.29, 0.717) is 25.5 Å². The van der Waals surface area contributed by atoms with Gasteiger partial charge in [0.05, 0.1) is 11.9 Å². The second-order valence-corrected chi connectivity index (χ2v) is 9.71. The summed E-state index contributed by atoms with van der Waals surface area (Å²) in [5, 5.41) is 0. The fraction of sp³-hybridized carbons (Fsp3) is 0.650. The third-order valence-corrected chi connectivity index (χ3v) is 6.42. The van der Waals surface area contributed by atoms with Crippen molar-refractivity contribution in [2.45, 2.75) is 44.1 Å². The van der Waals surface area contributed by atoms with Crippen molar-refractivity contribution in [3.8, 4) is 0 Å². The number of carbonyl (C=O) groups excluding carboxylic acids is 1. The molecule has 3 rings (SSSR count). The summed E-state index contributed by atoms with van der Waals surface area (Å²) in [4.78, 5) is 14.5. The van der Waals surface area contributed by atoms with Crippen molar-refractivity contribution >= 4 is 15.9 Å². The maximum Gasteiger partial charge on any atom is 0.222 e. The van der Waals surface area contributed by atoms with Crippen LogP contribution in [0.4, 0.5) is 0 Å². The van der Waals surface area contributed by atoms with Crippen molar-refractivity contribution in [2.24, 2.45) is 5.92 Å². The Morgan fingerprint density at radius 1 is 1.26 bits per heavy atom. The molecule has 150 valence electrons. The van der Waals surface area contributed by atoms with Gasteiger partial charge in [0, 0.05) is 32.7 Å². The summed E-state index contributed by atoms with van der Waals surface area (Å²) in [5.74, 6) is 0.508. The van der Waals surface area contributed by atoms with E-state index in [9.17, 15) is 13.2 Å². The van der Waals surface area contributed by atoms with Crippen LogP contribution in [0.25, 0.3) is 0 Å². The van der Waals surface area contributed by atoms with Crippen LogP contribution in [0.5, 0.6) is 0 Å². The van der Waals surface area contributed by atoms with Crippen LogP contribution in [0, 0.1) is 5.92 Å². The van der Waals surface area contributed by atoms with Gasteiger partial charge in [0.2, 0.25) is 15.9 Å². The molecule has 1 N–H and O–H groups in total. The van der Waals surface area contributed by atoms with E-state index in [1.807, 2.05) is 23.1 Å². The van der Waals surface area contributed by atoms with Gasteiger partial charge in [0.15, 0.2) is 0 Å². The molecule has 1 unspecified atom stereocenters. The van der Waals surface area contributed by atoms with Gasteiger partial charge in [-0.3, -0.25) is 4.79 Å². The average molecular weight is 395 g/mol. The van der Waals surface area contributed by atoms with Gasteiger partial charge in [-0.15, -0.1) is 0 Å². The lowest BCUT2D eigenvalue weighted by Crippen LogP contribution is -2.51. The van der Waals surface area contributed by atoms with Gasteiger partial charge in [-0.2, -0.15) is 0 Å². The van der Waals surface area contributed by atoms with Gasteiger partial charge in [0.1, 0.15) is 0 Å². The molecule has 6 nitrogen and oxygen atoms in total. The first kappa shape index (κ1) is 20.3. The summed E-state index contributed by atoms with van der Waals surface area (Å²) in [6, 6.07) is 10.1. The molecule has 1 aromatic rings. The van der Waals surface area contributed by atoms with Crippen LogP contribution in [0.2, 0.25) is 0 Å². The Balaban J connectivity index is 1.46. The van der Waals surface area contributed by atoms with E-state index < -0.39 is 10.0 Å². The Bertz CT molecular complexity index is 728. The minimum Gasteiger partial charge on any atom is -0.375 e. The normalized spacial score (nSPS) is 22.7. The Morgan fingerprint density at radius 2 is 1.96 bits per heavy atom. The van der Waals surface area contributed by atoms with Crippen molar-refractivity contribution in [1.29, 1.82) is 0 Å². The molecule has 1 amide bonds. The van der Waals surface area contributed by atoms with E-state index in [2.05, 4.69) is 16.9 Å². The van der Waals surface area contributed by atoms with Crippen LogP contribution in [0.15, 0.2) is 30.3 Å². The zero-order valence-electron chi connectivity index (χ0n) is 16.0. The summed E-state index contributed by atoms with van der Waals surface area (Å²) < 4.78 is 31.4. The van der Waals surface area contributed by atoms with E-state index in [1.165, 1.54) is 11.8 Å². The van der Waals surface area contributed by atoms with Crippen molar-refractivity contribution in [3.05, 3.63) is 35.9 Å². The Kier molecular flexibility index (Phi) is 6.55. The highest BCUT2D eigenvalue weighted by Crippen LogP contribution is 2.37. The standard InChI is InChI=1S/C20H30N2O4S/c1-27(24,25)21-16-18-9-14-26-20(15-18)10-12-22(13-11-20)19(23)8-7-17-5-3-2-4-6-17/h2-6,18,21H,7-16H2,1H3. The first-order chi connectivity index (χ1) is 12.9. The molecular weight excluding hydrogens is 364 g/mol. The lowest BCUT2D eigenvalue weighted by molar-refractivity contribution is -0.146. The van der Waals surface area contributed by atoms with E-state index in [-0.39, 0.29) is 11.5 Å². The first-order valence-electron chi connectivity index (χ1n) is 9.76. The van der Waals surface area contributed by atoms with Crippen LogP contribution in [0.1, 0.15) is 37.7 Å². The molecule has 2 heterocycles. The maximum absolute atomic E-state index is 12.5. The van der Waals surface area contributed by atoms with Crippen LogP contribution in [-0.2, 0) is 26.0 Å². The van der Waals surface area contributed by atoms with Gasteiger partial charge in [-0.25, -0.2) is 13.1 Å². The van der Waals surface area contributed by atoms with Gasteiger partial charge in [-0.05, 0) is 43.6 Å². The number of hydrogen-bond donors (Lipinski definition) is 1. The molecule has 7 heteroatoms. The highest BCUT2D eigenvalue weighted by molar-refractivity contribution is 7.88. The Morgan fingerprint density at radius 3 is 2.63 bits per heavy atom. The third kappa shape index (κ3) is 6.02. The molecule has 0 aliphatic carbocycles. The highest BCUT2D eigenvalue weighted by atomic mass is 32.2. The highest BCUT2D eigenvalue weighted by Gasteiger charge is 2.41. The van der Waals surface area contributed by atoms with Crippen molar-refractivity contribution in [2.75, 3.05) is 32.5 Å². The number of rotatable bonds is 6. The van der Waals surface area contributed by atoms with Gasteiger partial charge >= 0.3 is 0 Å². The number of piperidine rings is 1. The summed E-state index contributed by atoms with van der Waals surface area (Å²) in [7, 11) is -3.16. The number of nitrogens with zero attached hydrogens (tertiary/aromatic N) is 1. The molecule has 0 bridgehead atoms. The number of amides is 1. The smallest absolute Gasteiger partial charge is 0.222 e. The molecule has 27 heavy (non-hydrogen) atoms. The SMILES string of the molecule is CS(=O)(=O)NCC1CCOC2(CCN(C(=O)CCc3ccccc3)CC2)C1. The molecule has 1 atom stereocenters. The summed E-state index contributed by atoms with van der Waals surface area (Å²) in [6.45, 7) is 2.58. The fourth-order valence-corrected chi connectivity index (χ4v) is 4.68. The van der Waals surface area contributed by atoms with Crippen molar-refractivity contribution in [3.63, 3.8) is 0 Å². The average Bonchev–Trinajstić information content (AvgIpc) is 2.66. The minimum atomic E-state index is -3.16. The van der Waals surface area contributed by atoms with Gasteiger partial charge < -0.3 is 9.64 Å². The van der Waals surface area contributed by atoms with Gasteiger partial charge in [0.25, 0.3) is 0 Å². The fourth-order valence-electron chi connectivity index (χ4n) is 4.14. The lowest BCUT2D eigenvalue weighted by Gasteiger charge is -2.46. The van der Waals surface area contributed by atoms with Crippen molar-refractivity contribution in [1.82, 2.24) is 9.62 Å². The zero-order chi connectivity index (χ0) is 19.3. The van der Waals surface area contributed by atoms with Gasteiger partial charge in [-0.1, -0.05) is 30.3 Å². The Hall–Kier alpha value is -1.44. The summed E-state index contributed by atoms with van der Waals surface area (Å²) >= 11 is 0. The number of likely N-dealkylation sites (tertiary alicyclic amines) is 1. The number of aryl methyl sites for hydroxylation is 1. The number of nitrogens with one attached hydrogen (secondary N) is 1. The topological polar surface area (TPSA) is 75.7 Å². The minimum absolute atomic E-state index is 0.196. The third-order valence-electron chi connectivity index (χ3n) is 5.73. The lowest BCUT2D eigenvalue weighted by atomic mass is 9.79. The molecule has 2 fully saturated rings. The quantitative estimate of drug-likeness (QED) is 0.800. The molecule has 2 aliphatic heterocycles. The molecule has 2 aliphatic rings. The summed E-state index contributed by atoms with van der Waals surface area (Å²) in [6.07, 6.45) is 5.92. The van der Waals surface area contributed by atoms with E-state index in [0.717, 1.165) is 45.2 Å². The van der Waals surface area contributed by atoms with Crippen LogP contribution < -0.4 is 4.72 Å². The molecule has 1 spiro atoms. The molecular formula is C20H30N2O4S. The Labute approximate surface area is 162 Å². The van der Waals surface area contributed by atoms with Crippen molar-refractivity contribution < 1.29 is 17.9 Å². The second kappa shape index (κ2) is 8.71. The number of sulfonamides is 1. The molecule has 1 aromatic carbocycles. The predicted octanol–water partition coefficient (Wildman–Crippen LogP) is 1.96. The van der Waals surface area contributed by atoms with Crippen LogP contribution in [0.3, 0.4) is 0 Å². The van der Waals surface area contributed by atoms with E-state index in [1.54, 1.807) is 0 Å². The van der Waals surface area contributed by atoms with E-state index >= 15 is 0 Å². The molecule has 2 saturated heterocycles. The first-order valence-corrected chi connectivity index (χ1v) is 11.6. The number of hydrogen-bond acceptors (Lipinski definition) is 4. The molecule has 0 aromatic heterocycles. The number of carbonyl (C=O) groups is 1. The monoisotopic (exact) mass is 394 g/mol. The number of ether oxygens (including phenoxy) is 1. The molecule has 0 saturated carbocycles. The number of benzene rings is 1. The second-order valence-electron chi connectivity index (χ2n) is 7.88.